The largest absolute Gasteiger partial charge is 0.480 e. The van der Waals surface area contributed by atoms with Crippen molar-refractivity contribution in [1.82, 2.24) is 10.2 Å². The molecule has 8 heteroatoms. The Labute approximate surface area is 151 Å². The molecule has 26 heavy (non-hydrogen) atoms. The van der Waals surface area contributed by atoms with E-state index in [2.05, 4.69) is 5.32 Å². The van der Waals surface area contributed by atoms with Crippen molar-refractivity contribution in [3.05, 3.63) is 35.9 Å². The molecular weight excluding hydrogens is 340 g/mol. The lowest BCUT2D eigenvalue weighted by Gasteiger charge is -2.29. The van der Waals surface area contributed by atoms with Crippen molar-refractivity contribution < 1.29 is 29.3 Å². The number of carboxylic acid groups (broad SMARTS) is 1. The van der Waals surface area contributed by atoms with Gasteiger partial charge >= 0.3 is 12.1 Å². The number of alkyl carbamates (subject to hydrolysis) is 1. The van der Waals surface area contributed by atoms with Crippen molar-refractivity contribution in [2.24, 2.45) is 5.92 Å². The van der Waals surface area contributed by atoms with E-state index < -0.39 is 36.2 Å². The number of carboxylic acids is 1. The van der Waals surface area contributed by atoms with Gasteiger partial charge < -0.3 is 25.2 Å². The number of aliphatic carboxylic acids is 1. The van der Waals surface area contributed by atoms with Gasteiger partial charge in [0.2, 0.25) is 5.91 Å². The van der Waals surface area contributed by atoms with Crippen LogP contribution in [0.4, 0.5) is 4.79 Å². The van der Waals surface area contributed by atoms with Crippen LogP contribution >= 0.6 is 0 Å². The van der Waals surface area contributed by atoms with Crippen LogP contribution in [0.5, 0.6) is 0 Å². The summed E-state index contributed by atoms with van der Waals surface area (Å²) in [4.78, 5) is 37.2. The number of β-amino-alcohol motifs (C(OH)–C–C–N with tert-alkyl or cyclic N) is 1. The fraction of sp³-hybridized carbons (Fsp3) is 0.500. The van der Waals surface area contributed by atoms with Crippen LogP contribution in [-0.4, -0.2) is 57.8 Å². The number of nitrogens with one attached hydrogen (secondary N) is 1. The van der Waals surface area contributed by atoms with Crippen molar-refractivity contribution in [3.63, 3.8) is 0 Å². The van der Waals surface area contributed by atoms with Crippen LogP contribution in [-0.2, 0) is 20.9 Å². The second-order valence-electron chi connectivity index (χ2n) is 6.66. The molecule has 3 atom stereocenters. The van der Waals surface area contributed by atoms with E-state index in [1.807, 2.05) is 18.2 Å². The predicted octanol–water partition coefficient (Wildman–Crippen LogP) is 0.984. The van der Waals surface area contributed by atoms with E-state index in [4.69, 9.17) is 4.74 Å². The maximum Gasteiger partial charge on any atom is 0.408 e. The second kappa shape index (κ2) is 8.66. The van der Waals surface area contributed by atoms with Crippen molar-refractivity contribution in [1.29, 1.82) is 0 Å². The van der Waals surface area contributed by atoms with Gasteiger partial charge in [-0.05, 0) is 11.5 Å². The highest BCUT2D eigenvalue weighted by Gasteiger charge is 2.42. The molecule has 1 aliphatic heterocycles. The smallest absolute Gasteiger partial charge is 0.408 e. The molecule has 1 aliphatic rings. The van der Waals surface area contributed by atoms with Crippen molar-refractivity contribution >= 4 is 18.0 Å². The van der Waals surface area contributed by atoms with Gasteiger partial charge in [0.15, 0.2) is 0 Å². The fourth-order valence-electron chi connectivity index (χ4n) is 2.88. The van der Waals surface area contributed by atoms with E-state index in [0.717, 1.165) is 10.5 Å². The van der Waals surface area contributed by atoms with E-state index in [-0.39, 0.29) is 25.5 Å². The van der Waals surface area contributed by atoms with Crippen molar-refractivity contribution in [2.75, 3.05) is 6.54 Å². The molecule has 0 aliphatic carbocycles. The molecule has 1 saturated heterocycles. The van der Waals surface area contributed by atoms with Crippen molar-refractivity contribution in [2.45, 2.75) is 45.1 Å². The average Bonchev–Trinajstić information content (AvgIpc) is 3.00. The highest BCUT2D eigenvalue weighted by Crippen LogP contribution is 2.21. The first-order chi connectivity index (χ1) is 12.3. The summed E-state index contributed by atoms with van der Waals surface area (Å²) >= 11 is 0. The number of likely N-dealkylation sites (tertiary alicyclic amines) is 1. The number of carbonyl (C=O) groups excluding carboxylic acids is 2. The summed E-state index contributed by atoms with van der Waals surface area (Å²) in [6.07, 6.45) is -1.67. The van der Waals surface area contributed by atoms with Gasteiger partial charge in [-0.3, -0.25) is 4.79 Å². The van der Waals surface area contributed by atoms with Crippen LogP contribution in [0.1, 0.15) is 25.8 Å². The van der Waals surface area contributed by atoms with Gasteiger partial charge in [-0.15, -0.1) is 0 Å². The highest BCUT2D eigenvalue weighted by atomic mass is 16.5. The quantitative estimate of drug-likeness (QED) is 0.693. The third kappa shape index (κ3) is 4.95. The number of nitrogens with zero attached hydrogens (tertiary/aromatic N) is 1. The van der Waals surface area contributed by atoms with Gasteiger partial charge in [0.25, 0.3) is 0 Å². The summed E-state index contributed by atoms with van der Waals surface area (Å²) in [6.45, 7) is 3.47. The SMILES string of the molecule is CC(C)[C@H](NC(=O)OCc1ccccc1)C(=O)N1C[C@H](O)C[C@H]1C(=O)O. The Bertz CT molecular complexity index is 648. The fourth-order valence-corrected chi connectivity index (χ4v) is 2.88. The summed E-state index contributed by atoms with van der Waals surface area (Å²) < 4.78 is 5.13. The highest BCUT2D eigenvalue weighted by molar-refractivity contribution is 5.90. The lowest BCUT2D eigenvalue weighted by molar-refractivity contribution is -0.149. The maximum absolute atomic E-state index is 12.7. The Morgan fingerprint density at radius 2 is 1.92 bits per heavy atom. The number of carbonyl (C=O) groups is 3. The van der Waals surface area contributed by atoms with Crippen LogP contribution in [0.15, 0.2) is 30.3 Å². The van der Waals surface area contributed by atoms with Crippen molar-refractivity contribution in [3.8, 4) is 0 Å². The van der Waals surface area contributed by atoms with Gasteiger partial charge in [0, 0.05) is 13.0 Å². The molecule has 1 aromatic carbocycles. The minimum Gasteiger partial charge on any atom is -0.480 e. The van der Waals surface area contributed by atoms with Crippen LogP contribution in [0.25, 0.3) is 0 Å². The van der Waals surface area contributed by atoms with Crippen LogP contribution in [0.3, 0.4) is 0 Å². The molecular formula is C18H24N2O6. The van der Waals surface area contributed by atoms with Crippen LogP contribution in [0.2, 0.25) is 0 Å². The number of hydrogen-bond donors (Lipinski definition) is 3. The molecule has 0 spiro atoms. The van der Waals surface area contributed by atoms with E-state index in [1.54, 1.807) is 26.0 Å². The molecule has 0 unspecified atom stereocenters. The average molecular weight is 364 g/mol. The van der Waals surface area contributed by atoms with Crippen LogP contribution < -0.4 is 5.32 Å². The number of rotatable bonds is 6. The first-order valence-electron chi connectivity index (χ1n) is 8.48. The van der Waals surface area contributed by atoms with Gasteiger partial charge in [-0.2, -0.15) is 0 Å². The Kier molecular flexibility index (Phi) is 6.57. The van der Waals surface area contributed by atoms with Gasteiger partial charge in [0.1, 0.15) is 18.7 Å². The zero-order chi connectivity index (χ0) is 19.3. The van der Waals surface area contributed by atoms with Gasteiger partial charge in [-0.25, -0.2) is 9.59 Å². The molecule has 1 heterocycles. The molecule has 0 bridgehead atoms. The number of amides is 2. The third-order valence-electron chi connectivity index (χ3n) is 4.27. The minimum atomic E-state index is -1.18. The standard InChI is InChI=1S/C18H24N2O6/c1-11(2)15(16(22)20-9-13(21)8-14(20)17(23)24)19-18(25)26-10-12-6-4-3-5-7-12/h3-7,11,13-15,21H,8-10H2,1-2H3,(H,19,25)(H,23,24)/t13-,14+,15+/m1/s1. The molecule has 0 saturated carbocycles. The molecule has 8 nitrogen and oxygen atoms in total. The molecule has 3 N–H and O–H groups in total. The molecule has 0 radical (unpaired) electrons. The number of ether oxygens (including phenoxy) is 1. The van der Waals surface area contributed by atoms with Gasteiger partial charge in [-0.1, -0.05) is 44.2 Å². The molecule has 142 valence electrons. The molecule has 1 aromatic rings. The number of aliphatic hydroxyl groups excluding tert-OH is 1. The molecule has 2 amide bonds. The Hall–Kier alpha value is -2.61. The minimum absolute atomic E-state index is 0.0235. The summed E-state index contributed by atoms with van der Waals surface area (Å²) in [7, 11) is 0. The summed E-state index contributed by atoms with van der Waals surface area (Å²) in [6, 6.07) is 7.07. The Morgan fingerprint density at radius 1 is 1.27 bits per heavy atom. The zero-order valence-electron chi connectivity index (χ0n) is 14.8. The number of hydrogen-bond acceptors (Lipinski definition) is 5. The lowest BCUT2D eigenvalue weighted by atomic mass is 10.0. The molecule has 2 rings (SSSR count). The summed E-state index contributed by atoms with van der Waals surface area (Å²) in [5, 5.41) is 21.5. The first kappa shape index (κ1) is 19.7. The van der Waals surface area contributed by atoms with Gasteiger partial charge in [0.05, 0.1) is 6.10 Å². The normalized spacial score (nSPS) is 20.7. The lowest BCUT2D eigenvalue weighted by Crippen LogP contribution is -2.54. The zero-order valence-corrected chi connectivity index (χ0v) is 14.8. The van der Waals surface area contributed by atoms with Crippen LogP contribution in [0, 0.1) is 5.92 Å². The summed E-state index contributed by atoms with van der Waals surface area (Å²) in [5.74, 6) is -2.00. The third-order valence-corrected chi connectivity index (χ3v) is 4.27. The first-order valence-corrected chi connectivity index (χ1v) is 8.48. The predicted molar refractivity (Wildman–Crippen MR) is 92.1 cm³/mol. The van der Waals surface area contributed by atoms with E-state index in [9.17, 15) is 24.6 Å². The summed E-state index contributed by atoms with van der Waals surface area (Å²) in [5.41, 5.74) is 0.809. The molecule has 1 fully saturated rings. The van der Waals surface area contributed by atoms with E-state index in [1.165, 1.54) is 0 Å². The van der Waals surface area contributed by atoms with E-state index >= 15 is 0 Å². The number of aliphatic hydroxyl groups is 1. The topological polar surface area (TPSA) is 116 Å². The Morgan fingerprint density at radius 3 is 2.50 bits per heavy atom. The second-order valence-corrected chi connectivity index (χ2v) is 6.66. The Balaban J connectivity index is 2.00. The monoisotopic (exact) mass is 364 g/mol. The van der Waals surface area contributed by atoms with E-state index in [0.29, 0.717) is 0 Å². The number of benzene rings is 1. The molecule has 0 aromatic heterocycles. The maximum atomic E-state index is 12.7.